The summed E-state index contributed by atoms with van der Waals surface area (Å²) >= 11 is 5.94. The van der Waals surface area contributed by atoms with Gasteiger partial charge in [-0.2, -0.15) is 0 Å². The third-order valence-corrected chi connectivity index (χ3v) is 6.11. The summed E-state index contributed by atoms with van der Waals surface area (Å²) in [5.41, 5.74) is 3.29. The summed E-state index contributed by atoms with van der Waals surface area (Å²) in [6, 6.07) is 26.6. The highest BCUT2D eigenvalue weighted by molar-refractivity contribution is 6.37. The molecule has 0 spiro atoms. The average molecular weight is 489 g/mol. The van der Waals surface area contributed by atoms with Crippen LogP contribution < -0.4 is 4.74 Å². The number of aromatic nitrogens is 1. The fraction of sp³-hybridized carbons (Fsp3) is 0.179. The van der Waals surface area contributed by atoms with Crippen molar-refractivity contribution in [1.82, 2.24) is 4.98 Å². The van der Waals surface area contributed by atoms with Crippen molar-refractivity contribution in [2.24, 2.45) is 5.16 Å². The smallest absolute Gasteiger partial charge is 0.354 e. The highest BCUT2D eigenvalue weighted by atomic mass is 35.5. The molecule has 35 heavy (non-hydrogen) atoms. The zero-order valence-corrected chi connectivity index (χ0v) is 19.7. The number of pyridine rings is 1. The lowest BCUT2D eigenvalue weighted by Gasteiger charge is -2.17. The minimum absolute atomic E-state index is 0.282. The molecule has 7 heteroatoms. The third kappa shape index (κ3) is 6.37. The molecular formula is C28H25ClN2O4. The van der Waals surface area contributed by atoms with E-state index in [1.807, 2.05) is 72.8 Å². The maximum absolute atomic E-state index is 11.7. The number of aryl methyl sites for hydroxylation is 1. The van der Waals surface area contributed by atoms with Gasteiger partial charge in [0.2, 0.25) is 0 Å². The number of benzene rings is 3. The molecule has 1 atom stereocenters. The van der Waals surface area contributed by atoms with Gasteiger partial charge in [-0.3, -0.25) is 0 Å². The number of rotatable bonds is 10. The summed E-state index contributed by atoms with van der Waals surface area (Å²) in [4.78, 5) is 16.3. The average Bonchev–Trinajstić information content (AvgIpc) is 2.88. The van der Waals surface area contributed by atoms with Gasteiger partial charge < -0.3 is 15.1 Å². The molecule has 4 aromatic rings. The molecule has 0 saturated heterocycles. The van der Waals surface area contributed by atoms with Crippen molar-refractivity contribution in [2.75, 3.05) is 0 Å². The van der Waals surface area contributed by atoms with E-state index < -0.39 is 11.9 Å². The molecule has 0 saturated carbocycles. The Kier molecular flexibility index (Phi) is 7.95. The number of aliphatic carboxylic acids is 1. The normalized spacial score (nSPS) is 12.4. The van der Waals surface area contributed by atoms with E-state index in [-0.39, 0.29) is 5.71 Å². The monoisotopic (exact) mass is 488 g/mol. The van der Waals surface area contributed by atoms with Gasteiger partial charge in [0.25, 0.3) is 0 Å². The summed E-state index contributed by atoms with van der Waals surface area (Å²) < 4.78 is 5.89. The van der Waals surface area contributed by atoms with Crippen LogP contribution in [0.15, 0.2) is 90.1 Å². The number of carboxylic acid groups (broad SMARTS) is 1. The highest BCUT2D eigenvalue weighted by Gasteiger charge is 2.25. The van der Waals surface area contributed by atoms with E-state index >= 15 is 0 Å². The van der Waals surface area contributed by atoms with E-state index in [0.29, 0.717) is 30.2 Å². The maximum Gasteiger partial charge on any atom is 0.354 e. The number of halogens is 1. The number of carboxylic acids is 1. The lowest BCUT2D eigenvalue weighted by Crippen LogP contribution is -2.22. The van der Waals surface area contributed by atoms with Gasteiger partial charge in [0.05, 0.1) is 11.2 Å². The van der Waals surface area contributed by atoms with Gasteiger partial charge in [0.1, 0.15) is 12.4 Å². The van der Waals surface area contributed by atoms with Crippen molar-refractivity contribution in [3.8, 4) is 5.75 Å². The quantitative estimate of drug-likeness (QED) is 0.151. The second kappa shape index (κ2) is 11.5. The minimum Gasteiger partial charge on any atom is -0.487 e. The van der Waals surface area contributed by atoms with E-state index in [2.05, 4.69) is 10.1 Å². The standard InChI is InChI=1S/C28H25ClN2O4/c29-22-13-8-19(9-14-22)4-3-6-25(27(31-34)28(32)33)20-11-16-24(17-12-20)35-18-23-15-10-21-5-1-2-7-26(21)30-23/h1-2,5,7-17,25,34H,3-4,6,18H2,(H,32,33). The van der Waals surface area contributed by atoms with E-state index in [9.17, 15) is 15.1 Å². The number of oxime groups is 1. The first-order chi connectivity index (χ1) is 17.0. The Hall–Kier alpha value is -3.90. The van der Waals surface area contributed by atoms with Crippen LogP contribution in [0.1, 0.15) is 35.6 Å². The molecule has 2 N–H and O–H groups in total. The molecule has 0 aliphatic heterocycles. The minimum atomic E-state index is -1.24. The Morgan fingerprint density at radius 2 is 1.71 bits per heavy atom. The van der Waals surface area contributed by atoms with Crippen molar-refractivity contribution in [3.63, 3.8) is 0 Å². The predicted octanol–water partition coefficient (Wildman–Crippen LogP) is 6.49. The Labute approximate surface area is 208 Å². The second-order valence-corrected chi connectivity index (χ2v) is 8.65. The fourth-order valence-electron chi connectivity index (χ4n) is 4.03. The summed E-state index contributed by atoms with van der Waals surface area (Å²) in [7, 11) is 0. The topological polar surface area (TPSA) is 92.0 Å². The Morgan fingerprint density at radius 3 is 2.43 bits per heavy atom. The molecule has 0 amide bonds. The van der Waals surface area contributed by atoms with Crippen LogP contribution in [0, 0.1) is 0 Å². The van der Waals surface area contributed by atoms with Crippen molar-refractivity contribution >= 4 is 34.2 Å². The zero-order valence-electron chi connectivity index (χ0n) is 19.0. The van der Waals surface area contributed by atoms with Crippen LogP contribution in [0.4, 0.5) is 0 Å². The van der Waals surface area contributed by atoms with Crippen molar-refractivity contribution < 1.29 is 19.8 Å². The van der Waals surface area contributed by atoms with Gasteiger partial charge in [-0.1, -0.05) is 65.3 Å². The number of ether oxygens (including phenoxy) is 1. The molecule has 1 unspecified atom stereocenters. The number of para-hydroxylation sites is 1. The van der Waals surface area contributed by atoms with E-state index in [1.165, 1.54) is 0 Å². The molecular weight excluding hydrogens is 464 g/mol. The Bertz CT molecular complexity index is 1320. The third-order valence-electron chi connectivity index (χ3n) is 5.85. The van der Waals surface area contributed by atoms with Gasteiger partial charge in [0.15, 0.2) is 5.71 Å². The van der Waals surface area contributed by atoms with E-state index in [4.69, 9.17) is 16.3 Å². The molecule has 0 aliphatic rings. The summed E-state index contributed by atoms with van der Waals surface area (Å²) in [5, 5.41) is 23.8. The summed E-state index contributed by atoms with van der Waals surface area (Å²) in [6.07, 6.45) is 1.98. The largest absolute Gasteiger partial charge is 0.487 e. The van der Waals surface area contributed by atoms with Crippen LogP contribution in [0.3, 0.4) is 0 Å². The van der Waals surface area contributed by atoms with Crippen LogP contribution in [-0.4, -0.2) is 27.0 Å². The molecule has 4 rings (SSSR count). The van der Waals surface area contributed by atoms with Gasteiger partial charge in [-0.05, 0) is 66.8 Å². The first-order valence-corrected chi connectivity index (χ1v) is 11.7. The van der Waals surface area contributed by atoms with Crippen LogP contribution in [0.25, 0.3) is 10.9 Å². The summed E-state index contributed by atoms with van der Waals surface area (Å²) in [5.74, 6) is -1.16. The van der Waals surface area contributed by atoms with Gasteiger partial charge in [0, 0.05) is 16.3 Å². The zero-order chi connectivity index (χ0) is 24.6. The number of hydrogen-bond acceptors (Lipinski definition) is 5. The first-order valence-electron chi connectivity index (χ1n) is 11.3. The van der Waals surface area contributed by atoms with Crippen LogP contribution in [0.2, 0.25) is 5.02 Å². The molecule has 0 bridgehead atoms. The predicted molar refractivity (Wildman–Crippen MR) is 137 cm³/mol. The number of hydrogen-bond donors (Lipinski definition) is 2. The molecule has 178 valence electrons. The summed E-state index contributed by atoms with van der Waals surface area (Å²) in [6.45, 7) is 0.313. The maximum atomic E-state index is 11.7. The Balaban J connectivity index is 1.42. The van der Waals surface area contributed by atoms with E-state index in [1.54, 1.807) is 12.1 Å². The highest BCUT2D eigenvalue weighted by Crippen LogP contribution is 2.27. The molecule has 0 radical (unpaired) electrons. The number of fused-ring (bicyclic) bond motifs is 1. The first kappa shape index (κ1) is 24.2. The molecule has 3 aromatic carbocycles. The second-order valence-electron chi connectivity index (χ2n) is 8.21. The van der Waals surface area contributed by atoms with Crippen LogP contribution >= 0.6 is 11.6 Å². The van der Waals surface area contributed by atoms with Crippen molar-refractivity contribution in [3.05, 3.63) is 107 Å². The molecule has 1 heterocycles. The van der Waals surface area contributed by atoms with Gasteiger partial charge in [-0.15, -0.1) is 0 Å². The van der Waals surface area contributed by atoms with Gasteiger partial charge in [-0.25, -0.2) is 9.78 Å². The lowest BCUT2D eigenvalue weighted by atomic mass is 9.88. The molecule has 6 nitrogen and oxygen atoms in total. The number of nitrogens with zero attached hydrogens (tertiary/aromatic N) is 2. The van der Waals surface area contributed by atoms with Crippen molar-refractivity contribution in [2.45, 2.75) is 31.8 Å². The Morgan fingerprint density at radius 1 is 0.971 bits per heavy atom. The molecule has 0 fully saturated rings. The van der Waals surface area contributed by atoms with E-state index in [0.717, 1.165) is 34.1 Å². The molecule has 1 aromatic heterocycles. The fourth-order valence-corrected chi connectivity index (χ4v) is 4.15. The SMILES string of the molecule is O=C(O)C(=NO)C(CCCc1ccc(Cl)cc1)c1ccc(OCc2ccc3ccccc3n2)cc1. The van der Waals surface area contributed by atoms with Crippen LogP contribution in [-0.2, 0) is 17.8 Å². The molecule has 0 aliphatic carbocycles. The lowest BCUT2D eigenvalue weighted by molar-refractivity contribution is -0.129. The van der Waals surface area contributed by atoms with Crippen molar-refractivity contribution in [1.29, 1.82) is 0 Å². The van der Waals surface area contributed by atoms with Crippen LogP contribution in [0.5, 0.6) is 5.75 Å². The number of carbonyl (C=O) groups is 1. The van der Waals surface area contributed by atoms with Gasteiger partial charge >= 0.3 is 5.97 Å².